The van der Waals surface area contributed by atoms with Crippen molar-refractivity contribution in [3.8, 4) is 0 Å². The number of nitrogens with one attached hydrogen (secondary N) is 2. The molecular weight excluding hydrogens is 252 g/mol. The van der Waals surface area contributed by atoms with Gasteiger partial charge in [0.15, 0.2) is 0 Å². The van der Waals surface area contributed by atoms with E-state index in [0.29, 0.717) is 6.42 Å². The molecule has 2 atom stereocenters. The van der Waals surface area contributed by atoms with E-state index in [9.17, 15) is 9.59 Å². The Bertz CT molecular complexity index is 446. The standard InChI is InChI=1S/C16H24N2O2/c1-12-8-4-5-10-15(12)18-14(3)16(20)17-13(2)9-6-7-11-19/h4-5,8,10-11,13-14,18H,6-7,9H2,1-3H3,(H,17,20)/t13?,14-/m0/s1. The molecule has 1 amide bonds. The molecular formula is C16H24N2O2. The second-order valence-electron chi connectivity index (χ2n) is 5.19. The van der Waals surface area contributed by atoms with Crippen molar-refractivity contribution >= 4 is 17.9 Å². The molecule has 0 aliphatic carbocycles. The van der Waals surface area contributed by atoms with Crippen LogP contribution in [0.3, 0.4) is 0 Å². The third-order valence-electron chi connectivity index (χ3n) is 3.26. The molecule has 0 fully saturated rings. The highest BCUT2D eigenvalue weighted by molar-refractivity contribution is 5.84. The number of hydrogen-bond acceptors (Lipinski definition) is 3. The van der Waals surface area contributed by atoms with Gasteiger partial charge in [-0.05, 0) is 45.2 Å². The van der Waals surface area contributed by atoms with Gasteiger partial charge in [-0.2, -0.15) is 0 Å². The molecule has 4 nitrogen and oxygen atoms in total. The molecule has 0 saturated carbocycles. The van der Waals surface area contributed by atoms with Gasteiger partial charge in [0.05, 0.1) is 0 Å². The Morgan fingerprint density at radius 1 is 1.30 bits per heavy atom. The highest BCUT2D eigenvalue weighted by atomic mass is 16.2. The molecule has 0 spiro atoms. The average molecular weight is 276 g/mol. The quantitative estimate of drug-likeness (QED) is 0.567. The first kappa shape index (κ1) is 16.2. The summed E-state index contributed by atoms with van der Waals surface area (Å²) in [6.07, 6.45) is 3.10. The number of unbranched alkanes of at least 4 members (excludes halogenated alkanes) is 1. The first-order valence-corrected chi connectivity index (χ1v) is 7.10. The van der Waals surface area contributed by atoms with Gasteiger partial charge < -0.3 is 15.4 Å². The van der Waals surface area contributed by atoms with Crippen LogP contribution in [0.2, 0.25) is 0 Å². The summed E-state index contributed by atoms with van der Waals surface area (Å²) in [6.45, 7) is 5.82. The van der Waals surface area contributed by atoms with Crippen LogP contribution in [0, 0.1) is 6.92 Å². The zero-order chi connectivity index (χ0) is 15.0. The molecule has 0 aliphatic rings. The van der Waals surface area contributed by atoms with Gasteiger partial charge in [-0.25, -0.2) is 0 Å². The van der Waals surface area contributed by atoms with Crippen molar-refractivity contribution < 1.29 is 9.59 Å². The van der Waals surface area contributed by atoms with E-state index in [0.717, 1.165) is 30.4 Å². The lowest BCUT2D eigenvalue weighted by Gasteiger charge is -2.20. The Balaban J connectivity index is 2.43. The maximum absolute atomic E-state index is 12.1. The molecule has 1 rings (SSSR count). The third-order valence-corrected chi connectivity index (χ3v) is 3.26. The fraction of sp³-hybridized carbons (Fsp3) is 0.500. The maximum atomic E-state index is 12.1. The van der Waals surface area contributed by atoms with Crippen LogP contribution < -0.4 is 10.6 Å². The van der Waals surface area contributed by atoms with Crippen molar-refractivity contribution in [2.45, 2.75) is 52.1 Å². The molecule has 1 aromatic rings. The van der Waals surface area contributed by atoms with Crippen molar-refractivity contribution in [1.82, 2.24) is 5.32 Å². The van der Waals surface area contributed by atoms with Crippen LogP contribution in [0.25, 0.3) is 0 Å². The van der Waals surface area contributed by atoms with Crippen LogP contribution in [0.1, 0.15) is 38.7 Å². The van der Waals surface area contributed by atoms with Crippen molar-refractivity contribution in [2.75, 3.05) is 5.32 Å². The van der Waals surface area contributed by atoms with Gasteiger partial charge in [-0.3, -0.25) is 4.79 Å². The Morgan fingerprint density at radius 3 is 2.65 bits per heavy atom. The number of rotatable bonds is 8. The molecule has 1 aromatic carbocycles. The number of amides is 1. The van der Waals surface area contributed by atoms with Gasteiger partial charge in [0.2, 0.25) is 5.91 Å². The largest absolute Gasteiger partial charge is 0.374 e. The molecule has 20 heavy (non-hydrogen) atoms. The van der Waals surface area contributed by atoms with Gasteiger partial charge in [0, 0.05) is 18.2 Å². The fourth-order valence-corrected chi connectivity index (χ4v) is 1.98. The van der Waals surface area contributed by atoms with Crippen LogP contribution in [-0.2, 0) is 9.59 Å². The number of aryl methyl sites for hydroxylation is 1. The summed E-state index contributed by atoms with van der Waals surface area (Å²) in [5.74, 6) is -0.0214. The van der Waals surface area contributed by atoms with Crippen molar-refractivity contribution in [1.29, 1.82) is 0 Å². The van der Waals surface area contributed by atoms with E-state index in [1.807, 2.05) is 45.0 Å². The number of carbonyl (C=O) groups is 2. The average Bonchev–Trinajstić information content (AvgIpc) is 2.41. The molecule has 0 bridgehead atoms. The van der Waals surface area contributed by atoms with Crippen LogP contribution in [-0.4, -0.2) is 24.3 Å². The summed E-state index contributed by atoms with van der Waals surface area (Å²) in [5.41, 5.74) is 2.09. The summed E-state index contributed by atoms with van der Waals surface area (Å²) in [5, 5.41) is 6.18. The molecule has 0 aliphatic heterocycles. The highest BCUT2D eigenvalue weighted by Crippen LogP contribution is 2.14. The Labute approximate surface area is 121 Å². The van der Waals surface area contributed by atoms with E-state index in [2.05, 4.69) is 10.6 Å². The van der Waals surface area contributed by atoms with Crippen LogP contribution >= 0.6 is 0 Å². The molecule has 0 heterocycles. The number of carbonyl (C=O) groups excluding carboxylic acids is 2. The van der Waals surface area contributed by atoms with Gasteiger partial charge in [0.25, 0.3) is 0 Å². The Kier molecular flexibility index (Phi) is 6.77. The first-order chi connectivity index (χ1) is 9.54. The second kappa shape index (κ2) is 8.35. The Hall–Kier alpha value is -1.84. The fourth-order valence-electron chi connectivity index (χ4n) is 1.98. The summed E-state index contributed by atoms with van der Waals surface area (Å²) in [4.78, 5) is 22.3. The SMILES string of the molecule is Cc1ccccc1N[C@@H](C)C(=O)NC(C)CCCC=O. The predicted molar refractivity (Wildman–Crippen MR) is 81.8 cm³/mol. The van der Waals surface area contributed by atoms with E-state index >= 15 is 0 Å². The molecule has 2 N–H and O–H groups in total. The molecule has 0 aromatic heterocycles. The normalized spacial score (nSPS) is 13.3. The minimum Gasteiger partial charge on any atom is -0.374 e. The van der Waals surface area contributed by atoms with E-state index in [1.165, 1.54) is 0 Å². The van der Waals surface area contributed by atoms with Crippen LogP contribution in [0.4, 0.5) is 5.69 Å². The van der Waals surface area contributed by atoms with E-state index < -0.39 is 0 Å². The second-order valence-corrected chi connectivity index (χ2v) is 5.19. The zero-order valence-electron chi connectivity index (χ0n) is 12.5. The summed E-state index contributed by atoms with van der Waals surface area (Å²) in [6, 6.07) is 7.69. The van der Waals surface area contributed by atoms with Gasteiger partial charge >= 0.3 is 0 Å². The monoisotopic (exact) mass is 276 g/mol. The summed E-state index contributed by atoms with van der Waals surface area (Å²) in [7, 11) is 0. The maximum Gasteiger partial charge on any atom is 0.242 e. The van der Waals surface area contributed by atoms with Crippen molar-refractivity contribution in [3.05, 3.63) is 29.8 Å². The minimum atomic E-state index is -0.287. The highest BCUT2D eigenvalue weighted by Gasteiger charge is 2.15. The number of hydrogen-bond donors (Lipinski definition) is 2. The van der Waals surface area contributed by atoms with Crippen molar-refractivity contribution in [2.24, 2.45) is 0 Å². The minimum absolute atomic E-state index is 0.0214. The summed E-state index contributed by atoms with van der Waals surface area (Å²) >= 11 is 0. The van der Waals surface area contributed by atoms with E-state index in [4.69, 9.17) is 0 Å². The van der Waals surface area contributed by atoms with E-state index in [-0.39, 0.29) is 18.0 Å². The first-order valence-electron chi connectivity index (χ1n) is 7.10. The third kappa shape index (κ3) is 5.43. The van der Waals surface area contributed by atoms with Gasteiger partial charge in [0.1, 0.15) is 12.3 Å². The lowest BCUT2D eigenvalue weighted by molar-refractivity contribution is -0.122. The van der Waals surface area contributed by atoms with Gasteiger partial charge in [-0.15, -0.1) is 0 Å². The van der Waals surface area contributed by atoms with Crippen molar-refractivity contribution in [3.63, 3.8) is 0 Å². The number of aldehydes is 1. The molecule has 0 saturated heterocycles. The predicted octanol–water partition coefficient (Wildman–Crippen LogP) is 2.67. The van der Waals surface area contributed by atoms with Crippen LogP contribution in [0.5, 0.6) is 0 Å². The van der Waals surface area contributed by atoms with Gasteiger partial charge in [-0.1, -0.05) is 18.2 Å². The number of para-hydroxylation sites is 1. The number of anilines is 1. The molecule has 4 heteroatoms. The zero-order valence-corrected chi connectivity index (χ0v) is 12.5. The van der Waals surface area contributed by atoms with Crippen LogP contribution in [0.15, 0.2) is 24.3 Å². The van der Waals surface area contributed by atoms with E-state index in [1.54, 1.807) is 0 Å². The lowest BCUT2D eigenvalue weighted by atomic mass is 10.1. The topological polar surface area (TPSA) is 58.2 Å². The summed E-state index contributed by atoms with van der Waals surface area (Å²) < 4.78 is 0. The molecule has 1 unspecified atom stereocenters. The Morgan fingerprint density at radius 2 is 2.00 bits per heavy atom. The lowest BCUT2D eigenvalue weighted by Crippen LogP contribution is -2.42. The smallest absolute Gasteiger partial charge is 0.242 e. The molecule has 110 valence electrons. The molecule has 0 radical (unpaired) electrons. The number of benzene rings is 1.